The molecule has 0 saturated carbocycles. The maximum absolute atomic E-state index is 11.2. The Hall–Kier alpha value is -0.0900. The monoisotopic (exact) mass is 302 g/mol. The van der Waals surface area contributed by atoms with Gasteiger partial charge in [-0.15, -0.1) is 0 Å². The van der Waals surface area contributed by atoms with Crippen molar-refractivity contribution in [1.82, 2.24) is 0 Å². The summed E-state index contributed by atoms with van der Waals surface area (Å²) in [6.45, 7) is 0.0303. The van der Waals surface area contributed by atoms with Gasteiger partial charge in [-0.3, -0.25) is 0 Å². The number of aliphatic hydroxyl groups excluding tert-OH is 1. The van der Waals surface area contributed by atoms with E-state index in [0.29, 0.717) is 11.8 Å². The predicted octanol–water partition coefficient (Wildman–Crippen LogP) is 0.170. The van der Waals surface area contributed by atoms with Gasteiger partial charge in [-0.2, -0.15) is 25.3 Å². The van der Waals surface area contributed by atoms with Gasteiger partial charge >= 0.3 is 11.9 Å². The van der Waals surface area contributed by atoms with Gasteiger partial charge in [0.15, 0.2) is 0 Å². The van der Waals surface area contributed by atoms with Crippen LogP contribution in [0, 0.1) is 0 Å². The van der Waals surface area contributed by atoms with Crippen molar-refractivity contribution in [2.24, 2.45) is 0 Å². The van der Waals surface area contributed by atoms with Crippen molar-refractivity contribution >= 4 is 49.0 Å². The second-order valence-electron chi connectivity index (χ2n) is 2.91. The van der Waals surface area contributed by atoms with Crippen LogP contribution >= 0.6 is 37.0 Å². The Kier molecular flexibility index (Phi) is 8.05. The average molecular weight is 302 g/mol. The lowest BCUT2D eigenvalue weighted by Gasteiger charge is -2.29. The van der Waals surface area contributed by atoms with E-state index in [9.17, 15) is 14.7 Å². The van der Waals surface area contributed by atoms with E-state index < -0.39 is 22.3 Å². The molecule has 0 bridgehead atoms. The molecule has 2 atom stereocenters. The lowest BCUT2D eigenvalue weighted by Crippen LogP contribution is -2.42. The Morgan fingerprint density at radius 3 is 2.24 bits per heavy atom. The first-order valence-corrected chi connectivity index (χ1v) is 6.72. The van der Waals surface area contributed by atoms with Crippen LogP contribution in [0.25, 0.3) is 0 Å². The Morgan fingerprint density at radius 1 is 1.29 bits per heavy atom. The van der Waals surface area contributed by atoms with Crippen LogP contribution in [0.1, 0.15) is 6.42 Å². The molecule has 17 heavy (non-hydrogen) atoms. The third-order valence-corrected chi connectivity index (χ3v) is 3.41. The molecule has 0 spiro atoms. The molecule has 0 fully saturated rings. The molecule has 0 aromatic rings. The fourth-order valence-electron chi connectivity index (χ4n) is 0.973. The number of carboxylic acids is 2. The van der Waals surface area contributed by atoms with Gasteiger partial charge in [-0.25, -0.2) is 9.59 Å². The van der Waals surface area contributed by atoms with Crippen molar-refractivity contribution in [3.63, 3.8) is 0 Å². The predicted molar refractivity (Wildman–Crippen MR) is 69.9 cm³/mol. The number of carbonyl (C=O) groups is 2. The van der Waals surface area contributed by atoms with E-state index in [0.717, 1.165) is 0 Å². The number of hydrogen-bond donors (Lipinski definition) is 5. The van der Waals surface area contributed by atoms with Gasteiger partial charge in [-0.05, 0) is 5.75 Å². The molecule has 0 radical (unpaired) electrons. The number of carboxylic acid groups (broad SMARTS) is 2. The number of hydrogen-bond acceptors (Lipinski definition) is 7. The Bertz CT molecular complexity index is 274. The van der Waals surface area contributed by atoms with Crippen LogP contribution in [0.3, 0.4) is 0 Å². The lowest BCUT2D eigenvalue weighted by molar-refractivity contribution is -0.154. The first-order chi connectivity index (χ1) is 7.89. The van der Waals surface area contributed by atoms with Crippen LogP contribution in [0.2, 0.25) is 0 Å². The van der Waals surface area contributed by atoms with E-state index >= 15 is 0 Å². The summed E-state index contributed by atoms with van der Waals surface area (Å²) in [6, 6.07) is 0. The number of aliphatic carboxylic acids is 2. The van der Waals surface area contributed by atoms with E-state index in [2.05, 4.69) is 25.3 Å². The van der Waals surface area contributed by atoms with Crippen LogP contribution in [0.5, 0.6) is 0 Å². The minimum Gasteiger partial charge on any atom is -0.479 e. The van der Waals surface area contributed by atoms with Crippen molar-refractivity contribution < 1.29 is 29.6 Å². The maximum atomic E-state index is 11.2. The molecule has 9 heteroatoms. The van der Waals surface area contributed by atoms with Gasteiger partial charge in [0, 0.05) is 12.2 Å². The van der Waals surface area contributed by atoms with Gasteiger partial charge < -0.3 is 20.1 Å². The highest BCUT2D eigenvalue weighted by Gasteiger charge is 2.43. The highest BCUT2D eigenvalue weighted by molar-refractivity contribution is 8.02. The maximum Gasteiger partial charge on any atom is 0.346 e. The SMILES string of the molecule is O=C(O)C(O)SC(CCS)(OCCS)C(=O)O. The number of thioether (sulfide) groups is 1. The largest absolute Gasteiger partial charge is 0.479 e. The number of aliphatic hydroxyl groups is 1. The van der Waals surface area contributed by atoms with Crippen molar-refractivity contribution in [2.45, 2.75) is 16.8 Å². The second-order valence-corrected chi connectivity index (χ2v) is 5.15. The summed E-state index contributed by atoms with van der Waals surface area (Å²) in [5, 5.41) is 26.9. The molecule has 3 N–H and O–H groups in total. The molecule has 0 heterocycles. The van der Waals surface area contributed by atoms with Gasteiger partial charge in [0.1, 0.15) is 0 Å². The normalized spacial score (nSPS) is 16.2. The molecule has 0 amide bonds. The molecule has 0 rings (SSSR count). The Balaban J connectivity index is 4.88. The molecular formula is C8H14O6S3. The highest BCUT2D eigenvalue weighted by Crippen LogP contribution is 2.34. The summed E-state index contributed by atoms with van der Waals surface area (Å²) in [6.07, 6.45) is -0.0335. The number of ether oxygens (including phenoxy) is 1. The Morgan fingerprint density at radius 2 is 1.88 bits per heavy atom. The van der Waals surface area contributed by atoms with E-state index in [-0.39, 0.29) is 24.5 Å². The molecule has 2 unspecified atom stereocenters. The molecule has 0 aromatic heterocycles. The average Bonchev–Trinajstić information content (AvgIpc) is 2.25. The molecule has 0 saturated heterocycles. The summed E-state index contributed by atoms with van der Waals surface area (Å²) in [4.78, 5) is 19.9. The third-order valence-electron chi connectivity index (χ3n) is 1.71. The molecule has 100 valence electrons. The van der Waals surface area contributed by atoms with Crippen LogP contribution in [0.15, 0.2) is 0 Å². The van der Waals surface area contributed by atoms with E-state index in [4.69, 9.17) is 14.9 Å². The number of thiol groups is 2. The van der Waals surface area contributed by atoms with Gasteiger partial charge in [-0.1, -0.05) is 11.8 Å². The number of rotatable bonds is 9. The smallest absolute Gasteiger partial charge is 0.346 e. The third kappa shape index (κ3) is 5.38. The second kappa shape index (κ2) is 8.09. The van der Waals surface area contributed by atoms with Crippen molar-refractivity contribution in [2.75, 3.05) is 18.1 Å². The molecule has 0 aliphatic heterocycles. The fourth-order valence-corrected chi connectivity index (χ4v) is 2.46. The van der Waals surface area contributed by atoms with Crippen LogP contribution in [0.4, 0.5) is 0 Å². The topological polar surface area (TPSA) is 104 Å². The summed E-state index contributed by atoms with van der Waals surface area (Å²) < 4.78 is 5.12. The van der Waals surface area contributed by atoms with Crippen LogP contribution in [-0.4, -0.2) is 55.7 Å². The van der Waals surface area contributed by atoms with Crippen molar-refractivity contribution in [3.8, 4) is 0 Å². The zero-order chi connectivity index (χ0) is 13.5. The van der Waals surface area contributed by atoms with Crippen molar-refractivity contribution in [3.05, 3.63) is 0 Å². The Labute approximate surface area is 114 Å². The lowest BCUT2D eigenvalue weighted by atomic mass is 10.2. The van der Waals surface area contributed by atoms with Gasteiger partial charge in [0.2, 0.25) is 10.4 Å². The van der Waals surface area contributed by atoms with Gasteiger partial charge in [0.05, 0.1) is 6.61 Å². The quantitative estimate of drug-likeness (QED) is 0.305. The molecular weight excluding hydrogens is 288 g/mol. The highest BCUT2D eigenvalue weighted by atomic mass is 32.2. The summed E-state index contributed by atoms with van der Waals surface area (Å²) >= 11 is 8.10. The molecule has 0 aliphatic rings. The first kappa shape index (κ1) is 16.9. The summed E-state index contributed by atoms with van der Waals surface area (Å²) in [5.74, 6) is -2.41. The van der Waals surface area contributed by atoms with E-state index in [1.54, 1.807) is 0 Å². The zero-order valence-corrected chi connectivity index (χ0v) is 11.4. The standard InChI is InChI=1S/C8H14O6S3/c9-5(10)6(11)17-8(1-3-15,7(12)13)14-2-4-16/h6,11,15-16H,1-4H2,(H,9,10)(H,12,13). The first-order valence-electron chi connectivity index (χ1n) is 4.57. The minimum atomic E-state index is -1.87. The summed E-state index contributed by atoms with van der Waals surface area (Å²) in [7, 11) is 0. The zero-order valence-electron chi connectivity index (χ0n) is 8.77. The molecule has 0 aliphatic carbocycles. The van der Waals surface area contributed by atoms with Crippen LogP contribution in [-0.2, 0) is 14.3 Å². The van der Waals surface area contributed by atoms with E-state index in [1.165, 1.54) is 0 Å². The fraction of sp³-hybridized carbons (Fsp3) is 0.750. The molecule has 6 nitrogen and oxygen atoms in total. The van der Waals surface area contributed by atoms with Crippen LogP contribution < -0.4 is 0 Å². The molecule has 0 aromatic carbocycles. The summed E-state index contributed by atoms with van der Waals surface area (Å²) in [5.41, 5.74) is -1.87. The van der Waals surface area contributed by atoms with Crippen molar-refractivity contribution in [1.29, 1.82) is 0 Å². The van der Waals surface area contributed by atoms with E-state index in [1.807, 2.05) is 0 Å². The van der Waals surface area contributed by atoms with Gasteiger partial charge in [0.25, 0.3) is 0 Å². The minimum absolute atomic E-state index is 0.0303.